The SMILES string of the molecule is COc1ccc2nccc(NC(=O)C3CCC(NCc4ccc5c(c4)NC(=O)CO5)CC3)c2n1.O=C(O)/C=C/C(=O)O. The summed E-state index contributed by atoms with van der Waals surface area (Å²) in [6, 6.07) is 11.5. The Labute approximate surface area is 240 Å². The number of carbonyl (C=O) groups excluding carboxylic acids is 2. The maximum atomic E-state index is 13.0. The molecule has 1 aliphatic carbocycles. The lowest BCUT2D eigenvalue weighted by molar-refractivity contribution is -0.134. The third-order valence-corrected chi connectivity index (χ3v) is 6.76. The van der Waals surface area contributed by atoms with Crippen LogP contribution in [0.2, 0.25) is 0 Å². The van der Waals surface area contributed by atoms with Gasteiger partial charge >= 0.3 is 11.9 Å². The van der Waals surface area contributed by atoms with E-state index in [1.165, 1.54) is 0 Å². The third kappa shape index (κ3) is 8.24. The summed E-state index contributed by atoms with van der Waals surface area (Å²) in [5.74, 6) is -1.49. The molecule has 0 saturated heterocycles. The molecule has 3 aromatic rings. The van der Waals surface area contributed by atoms with Gasteiger partial charge in [0.2, 0.25) is 11.8 Å². The van der Waals surface area contributed by atoms with Crippen LogP contribution in [0.1, 0.15) is 31.2 Å². The highest BCUT2D eigenvalue weighted by atomic mass is 16.5. The summed E-state index contributed by atoms with van der Waals surface area (Å²) < 4.78 is 10.6. The van der Waals surface area contributed by atoms with E-state index in [2.05, 4.69) is 25.9 Å². The molecule has 0 atom stereocenters. The number of carboxylic acid groups (broad SMARTS) is 2. The lowest BCUT2D eigenvalue weighted by Crippen LogP contribution is -2.36. The van der Waals surface area contributed by atoms with E-state index in [4.69, 9.17) is 19.7 Å². The summed E-state index contributed by atoms with van der Waals surface area (Å²) in [6.07, 6.45) is 6.27. The van der Waals surface area contributed by atoms with Crippen LogP contribution >= 0.6 is 0 Å². The van der Waals surface area contributed by atoms with Crippen molar-refractivity contribution in [3.8, 4) is 11.6 Å². The number of fused-ring (bicyclic) bond motifs is 2. The summed E-state index contributed by atoms with van der Waals surface area (Å²) in [7, 11) is 1.56. The number of amides is 2. The maximum Gasteiger partial charge on any atom is 0.328 e. The molecule has 1 aromatic carbocycles. The van der Waals surface area contributed by atoms with Gasteiger partial charge in [0, 0.05) is 42.9 Å². The lowest BCUT2D eigenvalue weighted by Gasteiger charge is -2.29. The molecule has 2 aliphatic rings. The Kier molecular flexibility index (Phi) is 10.0. The molecule has 2 amide bonds. The zero-order valence-electron chi connectivity index (χ0n) is 22.8. The quantitative estimate of drug-likeness (QED) is 0.248. The molecule has 5 N–H and O–H groups in total. The van der Waals surface area contributed by atoms with Crippen molar-refractivity contribution < 1.29 is 38.9 Å². The number of carbonyl (C=O) groups is 4. The molecule has 0 unspecified atom stereocenters. The van der Waals surface area contributed by atoms with Crippen LogP contribution in [0, 0.1) is 5.92 Å². The van der Waals surface area contributed by atoms with Crippen LogP contribution < -0.4 is 25.4 Å². The average Bonchev–Trinajstić information content (AvgIpc) is 2.99. The minimum absolute atomic E-state index is 0.0148. The molecule has 0 spiro atoms. The highest BCUT2D eigenvalue weighted by Gasteiger charge is 2.27. The van der Waals surface area contributed by atoms with Crippen LogP contribution in [0.4, 0.5) is 11.4 Å². The molecule has 0 radical (unpaired) electrons. The number of methoxy groups -OCH3 is 1. The number of nitrogens with zero attached hydrogens (tertiary/aromatic N) is 2. The van der Waals surface area contributed by atoms with Crippen LogP contribution in [-0.4, -0.2) is 63.7 Å². The van der Waals surface area contributed by atoms with Crippen LogP contribution in [0.3, 0.4) is 0 Å². The fourth-order valence-electron chi connectivity index (χ4n) is 4.66. The number of aromatic nitrogens is 2. The minimum Gasteiger partial charge on any atom is -0.482 e. The topological polar surface area (TPSA) is 189 Å². The Morgan fingerprint density at radius 1 is 1.07 bits per heavy atom. The van der Waals surface area contributed by atoms with E-state index in [0.29, 0.717) is 58.8 Å². The van der Waals surface area contributed by atoms with Crippen LogP contribution in [0.15, 0.2) is 54.7 Å². The Bertz CT molecular complexity index is 1480. The van der Waals surface area contributed by atoms with E-state index >= 15 is 0 Å². The Morgan fingerprint density at radius 3 is 2.50 bits per heavy atom. The van der Waals surface area contributed by atoms with Crippen molar-refractivity contribution in [3.63, 3.8) is 0 Å². The molecule has 220 valence electrons. The van der Waals surface area contributed by atoms with Crippen molar-refractivity contribution in [1.29, 1.82) is 0 Å². The first-order chi connectivity index (χ1) is 20.2. The summed E-state index contributed by atoms with van der Waals surface area (Å²) >= 11 is 0. The number of carboxylic acids is 2. The minimum atomic E-state index is -1.26. The molecular weight excluding hydrogens is 546 g/mol. The molecule has 13 heteroatoms. The normalized spacial score (nSPS) is 17.7. The number of pyridine rings is 2. The number of hydrogen-bond donors (Lipinski definition) is 5. The molecule has 42 heavy (non-hydrogen) atoms. The van der Waals surface area contributed by atoms with Gasteiger partial charge in [-0.2, -0.15) is 0 Å². The van der Waals surface area contributed by atoms with Crippen molar-refractivity contribution in [2.45, 2.75) is 38.3 Å². The van der Waals surface area contributed by atoms with Gasteiger partial charge in [0.1, 0.15) is 11.3 Å². The standard InChI is InChI=1S/C25H27N5O4.C4H4O4/c1-33-23-9-7-18-24(30-23)19(10-11-26-18)29-25(32)16-3-5-17(6-4-16)27-13-15-2-8-21-20(12-15)28-22(31)14-34-21;5-3(6)1-2-4(7)8/h2,7-12,16-17,27H,3-6,13-14H2,1H3,(H,28,31)(H,26,29,32);1-2H,(H,5,6)(H,7,8)/b;2-1+. The average molecular weight is 578 g/mol. The Balaban J connectivity index is 0.000000446. The summed E-state index contributed by atoms with van der Waals surface area (Å²) in [5.41, 5.74) is 3.78. The zero-order chi connectivity index (χ0) is 30.1. The zero-order valence-corrected chi connectivity index (χ0v) is 22.8. The Hall–Kier alpha value is -5.04. The number of nitrogens with one attached hydrogen (secondary N) is 3. The van der Waals surface area contributed by atoms with Gasteiger partial charge in [-0.1, -0.05) is 6.07 Å². The summed E-state index contributed by atoms with van der Waals surface area (Å²) in [5, 5.41) is 25.1. The third-order valence-electron chi connectivity index (χ3n) is 6.76. The molecule has 1 fully saturated rings. The van der Waals surface area contributed by atoms with E-state index < -0.39 is 11.9 Å². The fourth-order valence-corrected chi connectivity index (χ4v) is 4.66. The maximum absolute atomic E-state index is 13.0. The van der Waals surface area contributed by atoms with E-state index in [-0.39, 0.29) is 24.3 Å². The largest absolute Gasteiger partial charge is 0.482 e. The Morgan fingerprint density at radius 2 is 1.81 bits per heavy atom. The first kappa shape index (κ1) is 29.9. The van der Waals surface area contributed by atoms with Gasteiger partial charge < -0.3 is 35.6 Å². The summed E-state index contributed by atoms with van der Waals surface area (Å²) in [6.45, 7) is 0.755. The number of benzene rings is 1. The molecule has 5 rings (SSSR count). The van der Waals surface area contributed by atoms with Crippen molar-refractivity contribution >= 4 is 46.2 Å². The van der Waals surface area contributed by atoms with Crippen LogP contribution in [-0.2, 0) is 25.7 Å². The van der Waals surface area contributed by atoms with Gasteiger partial charge in [-0.3, -0.25) is 14.6 Å². The predicted octanol–water partition coefficient (Wildman–Crippen LogP) is 2.97. The fraction of sp³-hybridized carbons (Fsp3) is 0.310. The van der Waals surface area contributed by atoms with Gasteiger partial charge in [-0.15, -0.1) is 0 Å². The second-order valence-corrected chi connectivity index (χ2v) is 9.68. The second kappa shape index (κ2) is 14.0. The highest BCUT2D eigenvalue weighted by Crippen LogP contribution is 2.30. The number of rotatable bonds is 8. The molecule has 13 nitrogen and oxygen atoms in total. The first-order valence-corrected chi connectivity index (χ1v) is 13.3. The number of anilines is 2. The van der Waals surface area contributed by atoms with Crippen molar-refractivity contribution in [2.24, 2.45) is 5.92 Å². The lowest BCUT2D eigenvalue weighted by atomic mass is 9.85. The summed E-state index contributed by atoms with van der Waals surface area (Å²) in [4.78, 5) is 52.4. The molecular formula is C29H31N5O8. The van der Waals surface area contributed by atoms with Gasteiger partial charge in [0.25, 0.3) is 5.91 Å². The van der Waals surface area contributed by atoms with Crippen molar-refractivity contribution in [1.82, 2.24) is 15.3 Å². The predicted molar refractivity (Wildman–Crippen MR) is 152 cm³/mol. The van der Waals surface area contributed by atoms with Gasteiger partial charge in [0.15, 0.2) is 6.61 Å². The second-order valence-electron chi connectivity index (χ2n) is 9.68. The van der Waals surface area contributed by atoms with E-state index in [1.54, 1.807) is 25.4 Å². The number of ether oxygens (including phenoxy) is 2. The smallest absolute Gasteiger partial charge is 0.328 e. The van der Waals surface area contributed by atoms with Gasteiger partial charge in [-0.25, -0.2) is 14.6 Å². The molecule has 1 aliphatic heterocycles. The van der Waals surface area contributed by atoms with Gasteiger partial charge in [0.05, 0.1) is 24.0 Å². The molecule has 1 saturated carbocycles. The van der Waals surface area contributed by atoms with Gasteiger partial charge in [-0.05, 0) is 55.5 Å². The highest BCUT2D eigenvalue weighted by molar-refractivity contribution is 6.00. The molecule has 2 aromatic heterocycles. The first-order valence-electron chi connectivity index (χ1n) is 13.3. The van der Waals surface area contributed by atoms with Crippen molar-refractivity contribution in [2.75, 3.05) is 24.4 Å². The van der Waals surface area contributed by atoms with E-state index in [9.17, 15) is 19.2 Å². The molecule has 3 heterocycles. The number of hydrogen-bond acceptors (Lipinski definition) is 9. The monoisotopic (exact) mass is 577 g/mol. The van der Waals surface area contributed by atoms with E-state index in [1.807, 2.05) is 24.3 Å². The molecule has 0 bridgehead atoms. The van der Waals surface area contributed by atoms with E-state index in [0.717, 1.165) is 31.2 Å². The van der Waals surface area contributed by atoms with Crippen LogP contribution in [0.25, 0.3) is 11.0 Å². The van der Waals surface area contributed by atoms with Crippen molar-refractivity contribution in [3.05, 3.63) is 60.3 Å². The van der Waals surface area contributed by atoms with Crippen LogP contribution in [0.5, 0.6) is 11.6 Å². The number of aliphatic carboxylic acids is 2.